The van der Waals surface area contributed by atoms with Crippen molar-refractivity contribution in [3.63, 3.8) is 0 Å². The summed E-state index contributed by atoms with van der Waals surface area (Å²) in [6.07, 6.45) is -1.95. The number of likely N-dealkylation sites (N-methyl/N-ethyl adjacent to an activating group) is 1. The maximum Gasteiger partial charge on any atom is 0.416 e. The number of nitrogens with zero attached hydrogens (tertiary/aromatic N) is 2. The van der Waals surface area contributed by atoms with E-state index in [4.69, 9.17) is 0 Å². The summed E-state index contributed by atoms with van der Waals surface area (Å²) in [5.41, 5.74) is 2.08. The molecule has 0 radical (unpaired) electrons. The van der Waals surface area contributed by atoms with Crippen LogP contribution in [0.5, 0.6) is 0 Å². The van der Waals surface area contributed by atoms with E-state index in [2.05, 4.69) is 15.2 Å². The van der Waals surface area contributed by atoms with Gasteiger partial charge >= 0.3 is 6.18 Å². The van der Waals surface area contributed by atoms with Gasteiger partial charge in [-0.3, -0.25) is 14.7 Å². The fourth-order valence-electron chi connectivity index (χ4n) is 4.51. The Morgan fingerprint density at radius 1 is 1.14 bits per heavy atom. The van der Waals surface area contributed by atoms with Crippen LogP contribution in [-0.4, -0.2) is 34.9 Å². The number of carbonyl (C=O) groups is 1. The normalized spacial score (nSPS) is 25.5. The quantitative estimate of drug-likeness (QED) is 0.841. The van der Waals surface area contributed by atoms with Crippen LogP contribution in [0.25, 0.3) is 11.1 Å². The molecule has 2 atom stereocenters. The fraction of sp³-hybridized carbons (Fsp3) is 0.429. The molecule has 2 fully saturated rings. The van der Waals surface area contributed by atoms with Crippen LogP contribution in [0.3, 0.4) is 0 Å². The predicted molar refractivity (Wildman–Crippen MR) is 99.5 cm³/mol. The Morgan fingerprint density at radius 2 is 1.86 bits per heavy atom. The Hall–Kier alpha value is -2.41. The zero-order valence-electron chi connectivity index (χ0n) is 15.8. The second-order valence-electron chi connectivity index (χ2n) is 7.70. The smallest absolute Gasteiger partial charge is 0.354 e. The summed E-state index contributed by atoms with van der Waals surface area (Å²) < 4.78 is 38.5. The van der Waals surface area contributed by atoms with E-state index < -0.39 is 17.3 Å². The monoisotopic (exact) mass is 389 g/mol. The molecule has 1 aromatic heterocycles. The van der Waals surface area contributed by atoms with Crippen LogP contribution in [0.1, 0.15) is 42.3 Å². The van der Waals surface area contributed by atoms with Gasteiger partial charge in [0.1, 0.15) is 5.54 Å². The molecular formula is C21H22F3N3O. The summed E-state index contributed by atoms with van der Waals surface area (Å²) in [5.74, 6) is 0.0770. The first kappa shape index (κ1) is 18.9. The number of amides is 1. The highest BCUT2D eigenvalue weighted by molar-refractivity contribution is 5.88. The number of aromatic nitrogens is 1. The number of carbonyl (C=O) groups excluding carboxylic acids is 1. The topological polar surface area (TPSA) is 45.2 Å². The molecule has 1 spiro atoms. The maximum absolute atomic E-state index is 12.8. The number of nitrogens with one attached hydrogen (secondary N) is 1. The molecular weight excluding hydrogens is 367 g/mol. The summed E-state index contributed by atoms with van der Waals surface area (Å²) in [4.78, 5) is 19.2. The predicted octanol–water partition coefficient (Wildman–Crippen LogP) is 4.10. The Bertz CT molecular complexity index is 910. The molecule has 0 aliphatic carbocycles. The second kappa shape index (κ2) is 6.58. The molecule has 1 N–H and O–H groups in total. The molecule has 1 aromatic carbocycles. The van der Waals surface area contributed by atoms with Gasteiger partial charge in [-0.2, -0.15) is 13.2 Å². The van der Waals surface area contributed by atoms with Crippen molar-refractivity contribution in [2.24, 2.45) is 0 Å². The number of rotatable bonds is 2. The average molecular weight is 389 g/mol. The first-order valence-corrected chi connectivity index (χ1v) is 9.38. The average Bonchev–Trinajstić information content (AvgIpc) is 3.18. The van der Waals surface area contributed by atoms with Crippen LogP contribution in [0.2, 0.25) is 0 Å². The van der Waals surface area contributed by atoms with Crippen LogP contribution in [0.15, 0.2) is 36.4 Å². The molecule has 3 heterocycles. The van der Waals surface area contributed by atoms with Crippen molar-refractivity contribution >= 4 is 5.91 Å². The van der Waals surface area contributed by atoms with Gasteiger partial charge in [0.05, 0.1) is 17.3 Å². The lowest BCUT2D eigenvalue weighted by Gasteiger charge is -2.32. The van der Waals surface area contributed by atoms with Gasteiger partial charge in [0.15, 0.2) is 0 Å². The van der Waals surface area contributed by atoms with Gasteiger partial charge in [-0.1, -0.05) is 12.1 Å². The summed E-state index contributed by atoms with van der Waals surface area (Å²) in [6.45, 7) is 2.57. The van der Waals surface area contributed by atoms with E-state index in [9.17, 15) is 18.0 Å². The minimum Gasteiger partial charge on any atom is -0.354 e. The number of likely N-dealkylation sites (tertiary alicyclic amines) is 1. The molecule has 2 saturated heterocycles. The molecule has 2 aliphatic heterocycles. The zero-order chi connectivity index (χ0) is 20.1. The van der Waals surface area contributed by atoms with Crippen molar-refractivity contribution < 1.29 is 18.0 Å². The third-order valence-electron chi connectivity index (χ3n) is 6.08. The van der Waals surface area contributed by atoms with Crippen LogP contribution in [-0.2, 0) is 11.0 Å². The molecule has 148 valence electrons. The molecule has 0 bridgehead atoms. The molecule has 4 nitrogen and oxygen atoms in total. The molecule has 1 amide bonds. The first-order valence-electron chi connectivity index (χ1n) is 9.38. The lowest BCUT2D eigenvalue weighted by molar-refractivity contribution is -0.137. The van der Waals surface area contributed by atoms with E-state index in [1.807, 2.05) is 26.1 Å². The lowest BCUT2D eigenvalue weighted by atomic mass is 9.95. The van der Waals surface area contributed by atoms with Crippen molar-refractivity contribution in [2.45, 2.75) is 43.9 Å². The van der Waals surface area contributed by atoms with E-state index in [1.54, 1.807) is 0 Å². The van der Waals surface area contributed by atoms with Crippen molar-refractivity contribution in [2.75, 3.05) is 13.6 Å². The summed E-state index contributed by atoms with van der Waals surface area (Å²) in [6, 6.07) is 9.00. The highest BCUT2D eigenvalue weighted by Crippen LogP contribution is 2.45. The zero-order valence-corrected chi connectivity index (χ0v) is 15.8. The Morgan fingerprint density at radius 3 is 2.46 bits per heavy atom. The summed E-state index contributed by atoms with van der Waals surface area (Å²) in [5, 5.41) is 2.93. The van der Waals surface area contributed by atoms with Crippen LogP contribution in [0.4, 0.5) is 13.2 Å². The van der Waals surface area contributed by atoms with E-state index in [1.165, 1.54) is 12.1 Å². The van der Waals surface area contributed by atoms with Gasteiger partial charge in [0, 0.05) is 12.2 Å². The van der Waals surface area contributed by atoms with Crippen molar-refractivity contribution in [1.29, 1.82) is 0 Å². The Labute approximate surface area is 161 Å². The van der Waals surface area contributed by atoms with Gasteiger partial charge in [0.25, 0.3) is 0 Å². The van der Waals surface area contributed by atoms with Crippen molar-refractivity contribution in [3.05, 3.63) is 53.3 Å². The number of pyridine rings is 1. The van der Waals surface area contributed by atoms with E-state index in [0.29, 0.717) is 12.1 Å². The molecule has 4 rings (SSSR count). The SMILES string of the molecule is Cc1cc(-c2ccc(C(F)(F)F)cc2)cc([C@@H]2CC[C@@]3(CCNC3=O)N2C)n1. The third kappa shape index (κ3) is 3.07. The molecule has 2 aliphatic rings. The van der Waals surface area contributed by atoms with Gasteiger partial charge in [0.2, 0.25) is 5.91 Å². The largest absolute Gasteiger partial charge is 0.416 e. The van der Waals surface area contributed by atoms with Crippen LogP contribution in [0, 0.1) is 6.92 Å². The van der Waals surface area contributed by atoms with Crippen molar-refractivity contribution in [3.8, 4) is 11.1 Å². The maximum atomic E-state index is 12.8. The molecule has 28 heavy (non-hydrogen) atoms. The van der Waals surface area contributed by atoms with Crippen molar-refractivity contribution in [1.82, 2.24) is 15.2 Å². The number of hydrogen-bond acceptors (Lipinski definition) is 3. The Balaban J connectivity index is 1.66. The summed E-state index contributed by atoms with van der Waals surface area (Å²) in [7, 11) is 1.96. The van der Waals surface area contributed by atoms with E-state index in [-0.39, 0.29) is 11.9 Å². The lowest BCUT2D eigenvalue weighted by Crippen LogP contribution is -2.48. The molecule has 2 aromatic rings. The van der Waals surface area contributed by atoms with Gasteiger partial charge in [-0.05, 0) is 68.6 Å². The van der Waals surface area contributed by atoms with E-state index >= 15 is 0 Å². The van der Waals surface area contributed by atoms with Gasteiger partial charge in [-0.25, -0.2) is 0 Å². The molecule has 7 heteroatoms. The molecule has 0 saturated carbocycles. The number of aryl methyl sites for hydroxylation is 1. The highest BCUT2D eigenvalue weighted by Gasteiger charge is 2.52. The Kier molecular flexibility index (Phi) is 4.45. The molecule has 0 unspecified atom stereocenters. The van der Waals surface area contributed by atoms with Crippen LogP contribution < -0.4 is 5.32 Å². The first-order chi connectivity index (χ1) is 13.2. The standard InChI is InChI=1S/C21H22F3N3O/c1-13-11-15(14-3-5-16(6-4-14)21(22,23)24)12-17(26-13)18-7-8-20(27(18)2)9-10-25-19(20)28/h3-6,11-12,18H,7-10H2,1-2H3,(H,25,28)/t18-,20-/m0/s1. The van der Waals surface area contributed by atoms with E-state index in [0.717, 1.165) is 48.3 Å². The minimum atomic E-state index is -4.35. The highest BCUT2D eigenvalue weighted by atomic mass is 19.4. The number of benzene rings is 1. The van der Waals surface area contributed by atoms with Gasteiger partial charge < -0.3 is 5.32 Å². The van der Waals surface area contributed by atoms with Crippen LogP contribution >= 0.6 is 0 Å². The third-order valence-corrected chi connectivity index (χ3v) is 6.08. The number of halogens is 3. The second-order valence-corrected chi connectivity index (χ2v) is 7.70. The fourth-order valence-corrected chi connectivity index (χ4v) is 4.51. The number of hydrogen-bond donors (Lipinski definition) is 1. The number of alkyl halides is 3. The minimum absolute atomic E-state index is 0.0111. The summed E-state index contributed by atoms with van der Waals surface area (Å²) >= 11 is 0. The van der Waals surface area contributed by atoms with Gasteiger partial charge in [-0.15, -0.1) is 0 Å².